The van der Waals surface area contributed by atoms with E-state index in [1.807, 2.05) is 36.4 Å². The van der Waals surface area contributed by atoms with Crippen molar-refractivity contribution >= 4 is 24.6 Å². The van der Waals surface area contributed by atoms with Crippen molar-refractivity contribution in [2.24, 2.45) is 0 Å². The quantitative estimate of drug-likeness (QED) is 0.731. The van der Waals surface area contributed by atoms with Crippen LogP contribution in [-0.4, -0.2) is 11.6 Å². The Labute approximate surface area is 116 Å². The monoisotopic (exact) mass is 288 g/mol. The second-order valence-corrected chi connectivity index (χ2v) is 6.45. The molecular weight excluding hydrogens is 275 g/mol. The van der Waals surface area contributed by atoms with Crippen LogP contribution in [0.4, 0.5) is 6.01 Å². The molecule has 1 unspecified atom stereocenters. The normalized spacial score (nSPS) is 13.8. The Kier molecular flexibility index (Phi) is 3.20. The zero-order chi connectivity index (χ0) is 14.0. The van der Waals surface area contributed by atoms with Crippen LogP contribution in [0.25, 0.3) is 11.1 Å². The van der Waals surface area contributed by atoms with Crippen LogP contribution >= 0.6 is 7.52 Å². The first kappa shape index (κ1) is 12.8. The molecule has 0 bridgehead atoms. The van der Waals surface area contributed by atoms with Gasteiger partial charge in [-0.25, -0.2) is 0 Å². The Morgan fingerprint density at radius 3 is 2.55 bits per heavy atom. The maximum atomic E-state index is 12.4. The summed E-state index contributed by atoms with van der Waals surface area (Å²) in [5.74, 6) is 0.530. The van der Waals surface area contributed by atoms with Crippen LogP contribution in [0.3, 0.4) is 0 Å². The van der Waals surface area contributed by atoms with Gasteiger partial charge in [-0.05, 0) is 24.3 Å². The number of para-hydroxylation sites is 3. The predicted octanol–water partition coefficient (Wildman–Crippen LogP) is 4.14. The molecule has 102 valence electrons. The molecule has 0 radical (unpaired) electrons. The van der Waals surface area contributed by atoms with Crippen LogP contribution in [0.2, 0.25) is 0 Å². The third kappa shape index (κ3) is 2.83. The van der Waals surface area contributed by atoms with Gasteiger partial charge in [-0.3, -0.25) is 9.65 Å². The Morgan fingerprint density at radius 2 is 1.80 bits per heavy atom. The maximum Gasteiger partial charge on any atom is 0.341 e. The van der Waals surface area contributed by atoms with Gasteiger partial charge in [0.1, 0.15) is 11.3 Å². The second kappa shape index (κ2) is 5.02. The van der Waals surface area contributed by atoms with Gasteiger partial charge in [-0.15, -0.1) is 0 Å². The van der Waals surface area contributed by atoms with Crippen molar-refractivity contribution < 1.29 is 13.5 Å². The van der Waals surface area contributed by atoms with Crippen molar-refractivity contribution in [3.63, 3.8) is 0 Å². The number of nitrogens with one attached hydrogen (secondary N) is 1. The SMILES string of the molecule is CP(=O)(Nc1nc2ccccc2o1)Oc1ccccc1. The zero-order valence-corrected chi connectivity index (χ0v) is 11.7. The van der Waals surface area contributed by atoms with E-state index >= 15 is 0 Å². The number of hydrogen-bond donors (Lipinski definition) is 1. The van der Waals surface area contributed by atoms with E-state index in [2.05, 4.69) is 10.1 Å². The van der Waals surface area contributed by atoms with Gasteiger partial charge in [0.25, 0.3) is 0 Å². The summed E-state index contributed by atoms with van der Waals surface area (Å²) in [6, 6.07) is 16.5. The van der Waals surface area contributed by atoms with Crippen molar-refractivity contribution in [1.29, 1.82) is 0 Å². The average Bonchev–Trinajstić information content (AvgIpc) is 2.80. The number of fused-ring (bicyclic) bond motifs is 1. The highest BCUT2D eigenvalue weighted by atomic mass is 31.2. The molecule has 0 aliphatic carbocycles. The fraction of sp³-hybridized carbons (Fsp3) is 0.0714. The molecule has 5 nitrogen and oxygen atoms in total. The smallest absolute Gasteiger partial charge is 0.341 e. The Morgan fingerprint density at radius 1 is 1.10 bits per heavy atom. The summed E-state index contributed by atoms with van der Waals surface area (Å²) in [6.07, 6.45) is 0. The van der Waals surface area contributed by atoms with Crippen LogP contribution in [0, 0.1) is 0 Å². The van der Waals surface area contributed by atoms with Gasteiger partial charge in [0.15, 0.2) is 5.58 Å². The van der Waals surface area contributed by atoms with Gasteiger partial charge in [-0.2, -0.15) is 4.98 Å². The summed E-state index contributed by atoms with van der Waals surface area (Å²) >= 11 is 0. The summed E-state index contributed by atoms with van der Waals surface area (Å²) in [5, 5.41) is 2.71. The van der Waals surface area contributed by atoms with Crippen LogP contribution in [0.15, 0.2) is 59.0 Å². The number of benzene rings is 2. The van der Waals surface area contributed by atoms with E-state index in [1.165, 1.54) is 6.66 Å². The van der Waals surface area contributed by atoms with E-state index < -0.39 is 7.52 Å². The van der Waals surface area contributed by atoms with Crippen LogP contribution in [0.1, 0.15) is 0 Å². The lowest BCUT2D eigenvalue weighted by Gasteiger charge is -2.14. The summed E-state index contributed by atoms with van der Waals surface area (Å²) < 4.78 is 23.3. The highest BCUT2D eigenvalue weighted by molar-refractivity contribution is 7.60. The summed E-state index contributed by atoms with van der Waals surface area (Å²) in [4.78, 5) is 4.21. The van der Waals surface area contributed by atoms with E-state index in [1.54, 1.807) is 18.2 Å². The molecule has 0 aliphatic heterocycles. The first-order chi connectivity index (χ1) is 9.62. The van der Waals surface area contributed by atoms with Gasteiger partial charge in [-0.1, -0.05) is 30.3 Å². The number of aromatic nitrogens is 1. The number of nitrogens with zero attached hydrogens (tertiary/aromatic N) is 1. The molecule has 1 N–H and O–H groups in total. The molecule has 0 saturated carbocycles. The molecular formula is C14H13N2O3P. The fourth-order valence-corrected chi connectivity index (χ4v) is 2.81. The van der Waals surface area contributed by atoms with E-state index in [9.17, 15) is 4.57 Å². The lowest BCUT2D eigenvalue weighted by atomic mass is 10.3. The molecule has 2 aromatic carbocycles. The van der Waals surface area contributed by atoms with Gasteiger partial charge in [0.05, 0.1) is 0 Å². The molecule has 0 aliphatic rings. The number of anilines is 1. The van der Waals surface area contributed by atoms with Gasteiger partial charge in [0.2, 0.25) is 0 Å². The van der Waals surface area contributed by atoms with Crippen LogP contribution in [0.5, 0.6) is 5.75 Å². The maximum absolute atomic E-state index is 12.4. The molecule has 0 saturated heterocycles. The molecule has 20 heavy (non-hydrogen) atoms. The lowest BCUT2D eigenvalue weighted by molar-refractivity contribution is 0.490. The largest absolute Gasteiger partial charge is 0.429 e. The lowest BCUT2D eigenvalue weighted by Crippen LogP contribution is -2.02. The standard InChI is InChI=1S/C14H13N2O3P/c1-20(17,19-11-7-3-2-4-8-11)16-14-15-12-9-5-6-10-13(12)18-14/h2-10H,1H3,(H,15,16,17). The zero-order valence-electron chi connectivity index (χ0n) is 10.8. The van der Waals surface area contributed by atoms with E-state index in [4.69, 9.17) is 8.94 Å². The number of oxazole rings is 1. The van der Waals surface area contributed by atoms with Crippen LogP contribution in [-0.2, 0) is 4.57 Å². The third-order valence-corrected chi connectivity index (χ3v) is 3.77. The summed E-state index contributed by atoms with van der Waals surface area (Å²) in [7, 11) is -3.10. The molecule has 1 heterocycles. The number of hydrogen-bond acceptors (Lipinski definition) is 4. The van der Waals surface area contributed by atoms with Crippen LogP contribution < -0.4 is 9.61 Å². The molecule has 1 atom stereocenters. The molecule has 0 spiro atoms. The first-order valence-corrected chi connectivity index (χ1v) is 8.16. The highest BCUT2D eigenvalue weighted by Crippen LogP contribution is 2.43. The Balaban J connectivity index is 1.80. The third-order valence-electron chi connectivity index (χ3n) is 2.62. The van der Waals surface area contributed by atoms with Gasteiger partial charge in [0, 0.05) is 6.66 Å². The minimum atomic E-state index is -3.10. The molecule has 3 rings (SSSR count). The minimum Gasteiger partial charge on any atom is -0.429 e. The average molecular weight is 288 g/mol. The fourth-order valence-electron chi connectivity index (χ4n) is 1.80. The minimum absolute atomic E-state index is 0.188. The Hall–Kier alpha value is -2.26. The summed E-state index contributed by atoms with van der Waals surface area (Å²) in [6.45, 7) is 1.48. The molecule has 3 aromatic rings. The van der Waals surface area contributed by atoms with E-state index in [0.717, 1.165) is 0 Å². The molecule has 0 fully saturated rings. The van der Waals surface area contributed by atoms with Crippen molar-refractivity contribution in [2.75, 3.05) is 11.8 Å². The number of rotatable bonds is 4. The van der Waals surface area contributed by atoms with Crippen molar-refractivity contribution in [3.05, 3.63) is 54.6 Å². The van der Waals surface area contributed by atoms with E-state index in [0.29, 0.717) is 16.8 Å². The van der Waals surface area contributed by atoms with Gasteiger partial charge >= 0.3 is 13.5 Å². The van der Waals surface area contributed by atoms with Crippen molar-refractivity contribution in [2.45, 2.75) is 0 Å². The predicted molar refractivity (Wildman–Crippen MR) is 78.2 cm³/mol. The molecule has 1 aromatic heterocycles. The van der Waals surface area contributed by atoms with E-state index in [-0.39, 0.29) is 6.01 Å². The van der Waals surface area contributed by atoms with Gasteiger partial charge < -0.3 is 8.94 Å². The molecule has 6 heteroatoms. The summed E-state index contributed by atoms with van der Waals surface area (Å²) in [5.41, 5.74) is 1.34. The highest BCUT2D eigenvalue weighted by Gasteiger charge is 2.20. The van der Waals surface area contributed by atoms with Crippen molar-refractivity contribution in [1.82, 2.24) is 4.98 Å². The second-order valence-electron chi connectivity index (χ2n) is 4.35. The van der Waals surface area contributed by atoms with Crippen molar-refractivity contribution in [3.8, 4) is 5.75 Å². The first-order valence-electron chi connectivity index (χ1n) is 6.08. The Bertz CT molecular complexity index is 737. The topological polar surface area (TPSA) is 64.4 Å². The molecule has 0 amide bonds.